The van der Waals surface area contributed by atoms with Crippen molar-refractivity contribution in [2.24, 2.45) is 0 Å². The highest BCUT2D eigenvalue weighted by Gasteiger charge is 2.39. The summed E-state index contributed by atoms with van der Waals surface area (Å²) in [5.41, 5.74) is 1.44. The van der Waals surface area contributed by atoms with E-state index in [1.54, 1.807) is 0 Å². The van der Waals surface area contributed by atoms with Crippen LogP contribution >= 0.6 is 0 Å². The molecular formula is C13H16N4O. The summed E-state index contributed by atoms with van der Waals surface area (Å²) in [7, 11) is 0. The van der Waals surface area contributed by atoms with Gasteiger partial charge in [0.15, 0.2) is 5.65 Å². The van der Waals surface area contributed by atoms with Crippen molar-refractivity contribution in [3.05, 3.63) is 29.7 Å². The Balaban J connectivity index is 1.99. The lowest BCUT2D eigenvalue weighted by Gasteiger charge is -2.48. The van der Waals surface area contributed by atoms with Gasteiger partial charge in [0.1, 0.15) is 5.82 Å². The molecule has 2 aromatic rings. The standard InChI is InChI=1S/C13H16N4O/c1-9-14-15-11-5-4-10(8-16(9)11)12(18)17-7-6-13(17,2)3/h4-5,8H,6-7H2,1-3H3. The molecule has 0 radical (unpaired) electrons. The molecule has 0 aliphatic carbocycles. The SMILES string of the molecule is Cc1nnc2ccc(C(=O)N3CCC3(C)C)cn12. The number of aryl methyl sites for hydroxylation is 1. The number of hydrogen-bond donors (Lipinski definition) is 0. The number of amides is 1. The molecular weight excluding hydrogens is 228 g/mol. The normalized spacial score (nSPS) is 17.8. The Bertz CT molecular complexity index is 629. The van der Waals surface area contributed by atoms with Crippen molar-refractivity contribution >= 4 is 11.6 Å². The van der Waals surface area contributed by atoms with Crippen LogP contribution in [0.25, 0.3) is 5.65 Å². The first-order chi connectivity index (χ1) is 8.49. The minimum absolute atomic E-state index is 0.0196. The van der Waals surface area contributed by atoms with Gasteiger partial charge in [0.2, 0.25) is 0 Å². The molecule has 0 bridgehead atoms. The summed E-state index contributed by atoms with van der Waals surface area (Å²) in [6.07, 6.45) is 2.88. The lowest BCUT2D eigenvalue weighted by molar-refractivity contribution is 0.0157. The number of likely N-dealkylation sites (tertiary alicyclic amines) is 1. The third-order valence-electron chi connectivity index (χ3n) is 3.74. The number of rotatable bonds is 1. The van der Waals surface area contributed by atoms with Gasteiger partial charge in [-0.05, 0) is 39.3 Å². The molecule has 5 heteroatoms. The molecule has 0 spiro atoms. The van der Waals surface area contributed by atoms with E-state index < -0.39 is 0 Å². The van der Waals surface area contributed by atoms with Crippen LogP contribution in [0.3, 0.4) is 0 Å². The first-order valence-electron chi connectivity index (χ1n) is 6.12. The summed E-state index contributed by atoms with van der Waals surface area (Å²) < 4.78 is 1.85. The van der Waals surface area contributed by atoms with Crippen LogP contribution in [-0.4, -0.2) is 37.5 Å². The lowest BCUT2D eigenvalue weighted by atomic mass is 9.88. The fourth-order valence-corrected chi connectivity index (χ4v) is 2.33. The van der Waals surface area contributed by atoms with Crippen LogP contribution in [0, 0.1) is 6.92 Å². The largest absolute Gasteiger partial charge is 0.333 e. The van der Waals surface area contributed by atoms with Gasteiger partial charge in [-0.3, -0.25) is 9.20 Å². The smallest absolute Gasteiger partial charge is 0.255 e. The van der Waals surface area contributed by atoms with Crippen molar-refractivity contribution in [2.45, 2.75) is 32.7 Å². The van der Waals surface area contributed by atoms with E-state index in [0.29, 0.717) is 5.56 Å². The van der Waals surface area contributed by atoms with Crippen LogP contribution in [0.15, 0.2) is 18.3 Å². The van der Waals surface area contributed by atoms with E-state index in [-0.39, 0.29) is 11.4 Å². The summed E-state index contributed by atoms with van der Waals surface area (Å²) in [5.74, 6) is 0.878. The van der Waals surface area contributed by atoms with Crippen molar-refractivity contribution in [1.29, 1.82) is 0 Å². The molecule has 0 N–H and O–H groups in total. The van der Waals surface area contributed by atoms with Gasteiger partial charge in [0.05, 0.1) is 5.56 Å². The number of hydrogen-bond acceptors (Lipinski definition) is 3. The third kappa shape index (κ3) is 1.50. The highest BCUT2D eigenvalue weighted by atomic mass is 16.2. The molecule has 0 aromatic carbocycles. The maximum atomic E-state index is 12.4. The van der Waals surface area contributed by atoms with Gasteiger partial charge in [0.25, 0.3) is 5.91 Å². The van der Waals surface area contributed by atoms with Gasteiger partial charge in [-0.2, -0.15) is 0 Å². The highest BCUT2D eigenvalue weighted by Crippen LogP contribution is 2.30. The fourth-order valence-electron chi connectivity index (χ4n) is 2.33. The van der Waals surface area contributed by atoms with Gasteiger partial charge < -0.3 is 4.90 Å². The van der Waals surface area contributed by atoms with Crippen molar-refractivity contribution in [3.8, 4) is 0 Å². The molecule has 0 unspecified atom stereocenters. The zero-order chi connectivity index (χ0) is 12.9. The number of fused-ring (bicyclic) bond motifs is 1. The van der Waals surface area contributed by atoms with E-state index in [1.807, 2.05) is 34.6 Å². The van der Waals surface area contributed by atoms with Crippen molar-refractivity contribution in [2.75, 3.05) is 6.54 Å². The third-order valence-corrected chi connectivity index (χ3v) is 3.74. The van der Waals surface area contributed by atoms with Gasteiger partial charge in [-0.25, -0.2) is 0 Å². The molecule has 2 aromatic heterocycles. The van der Waals surface area contributed by atoms with E-state index >= 15 is 0 Å². The summed E-state index contributed by atoms with van der Waals surface area (Å²) in [4.78, 5) is 14.3. The summed E-state index contributed by atoms with van der Waals surface area (Å²) in [5, 5.41) is 8.01. The van der Waals surface area contributed by atoms with Crippen molar-refractivity contribution in [3.63, 3.8) is 0 Å². The minimum atomic E-state index is -0.0196. The van der Waals surface area contributed by atoms with Gasteiger partial charge >= 0.3 is 0 Å². The Morgan fingerprint density at radius 2 is 2.11 bits per heavy atom. The minimum Gasteiger partial charge on any atom is -0.333 e. The molecule has 1 amide bonds. The average Bonchev–Trinajstić information content (AvgIpc) is 2.69. The maximum Gasteiger partial charge on any atom is 0.255 e. The molecule has 1 fully saturated rings. The number of nitrogens with zero attached hydrogens (tertiary/aromatic N) is 4. The van der Waals surface area contributed by atoms with Gasteiger partial charge in [-0.1, -0.05) is 0 Å². The molecule has 5 nitrogen and oxygen atoms in total. The second-order valence-corrected chi connectivity index (χ2v) is 5.41. The van der Waals surface area contributed by atoms with Crippen LogP contribution in [0.4, 0.5) is 0 Å². The first-order valence-corrected chi connectivity index (χ1v) is 6.12. The highest BCUT2D eigenvalue weighted by molar-refractivity contribution is 5.95. The Morgan fingerprint density at radius 1 is 1.33 bits per heavy atom. The molecule has 0 atom stereocenters. The van der Waals surface area contributed by atoms with Crippen LogP contribution in [0.5, 0.6) is 0 Å². The van der Waals surface area contributed by atoms with Crippen LogP contribution in [0.1, 0.15) is 36.5 Å². The number of aromatic nitrogens is 3. The van der Waals surface area contributed by atoms with E-state index in [2.05, 4.69) is 24.0 Å². The molecule has 1 aliphatic heterocycles. The topological polar surface area (TPSA) is 50.5 Å². The predicted octanol–water partition coefficient (Wildman–Crippen LogP) is 1.66. The van der Waals surface area contributed by atoms with Crippen LogP contribution < -0.4 is 0 Å². The summed E-state index contributed by atoms with van der Waals surface area (Å²) >= 11 is 0. The van der Waals surface area contributed by atoms with Gasteiger partial charge in [0, 0.05) is 18.3 Å². The molecule has 94 valence electrons. The lowest BCUT2D eigenvalue weighted by Crippen LogP contribution is -2.58. The molecule has 0 saturated carbocycles. The van der Waals surface area contributed by atoms with Gasteiger partial charge in [-0.15, -0.1) is 10.2 Å². The Kier molecular flexibility index (Phi) is 2.20. The van der Waals surface area contributed by atoms with Crippen LogP contribution in [0.2, 0.25) is 0 Å². The van der Waals surface area contributed by atoms with Crippen molar-refractivity contribution in [1.82, 2.24) is 19.5 Å². The predicted molar refractivity (Wildman–Crippen MR) is 67.5 cm³/mol. The number of pyridine rings is 1. The fraction of sp³-hybridized carbons (Fsp3) is 0.462. The molecule has 3 rings (SSSR count). The zero-order valence-corrected chi connectivity index (χ0v) is 10.8. The van der Waals surface area contributed by atoms with Crippen molar-refractivity contribution < 1.29 is 4.79 Å². The monoisotopic (exact) mass is 244 g/mol. The molecule has 1 saturated heterocycles. The van der Waals surface area contributed by atoms with Crippen LogP contribution in [-0.2, 0) is 0 Å². The Labute approximate surface area is 105 Å². The summed E-state index contributed by atoms with van der Waals surface area (Å²) in [6, 6.07) is 3.65. The molecule has 18 heavy (non-hydrogen) atoms. The van der Waals surface area contributed by atoms with E-state index in [4.69, 9.17) is 0 Å². The maximum absolute atomic E-state index is 12.4. The van der Waals surface area contributed by atoms with E-state index in [9.17, 15) is 4.79 Å². The zero-order valence-electron chi connectivity index (χ0n) is 10.8. The number of carbonyl (C=O) groups excluding carboxylic acids is 1. The quantitative estimate of drug-likeness (QED) is 0.766. The second kappa shape index (κ2) is 3.54. The Hall–Kier alpha value is -1.91. The summed E-state index contributed by atoms with van der Waals surface area (Å²) in [6.45, 7) is 6.90. The molecule has 1 aliphatic rings. The first kappa shape index (κ1) is 11.2. The second-order valence-electron chi connectivity index (χ2n) is 5.41. The van der Waals surface area contributed by atoms with E-state index in [0.717, 1.165) is 24.4 Å². The van der Waals surface area contributed by atoms with E-state index in [1.165, 1.54) is 0 Å². The number of carbonyl (C=O) groups is 1. The average molecular weight is 244 g/mol. The molecule has 3 heterocycles. The Morgan fingerprint density at radius 3 is 2.72 bits per heavy atom.